The van der Waals surface area contributed by atoms with Gasteiger partial charge in [0.2, 0.25) is 0 Å². The van der Waals surface area contributed by atoms with Gasteiger partial charge in [-0.15, -0.1) is 0 Å². The van der Waals surface area contributed by atoms with Crippen LogP contribution in [0, 0.1) is 22.5 Å². The molecule has 2 atom stereocenters. The quantitative estimate of drug-likeness (QED) is 0.670. The second-order valence-corrected chi connectivity index (χ2v) is 5.71. The largest absolute Gasteiger partial charge is 0.489 e. The lowest BCUT2D eigenvalue weighted by molar-refractivity contribution is -0.384. The van der Waals surface area contributed by atoms with E-state index >= 15 is 0 Å². The van der Waals surface area contributed by atoms with Crippen LogP contribution in [0.2, 0.25) is 0 Å². The Bertz CT molecular complexity index is 499. The Balaban J connectivity index is 2.11. The van der Waals surface area contributed by atoms with Crippen LogP contribution in [0.25, 0.3) is 0 Å². The summed E-state index contributed by atoms with van der Waals surface area (Å²) >= 11 is 0. The van der Waals surface area contributed by atoms with Crippen molar-refractivity contribution in [3.8, 4) is 5.75 Å². The molecule has 19 heavy (non-hydrogen) atoms. The van der Waals surface area contributed by atoms with Crippen LogP contribution < -0.4 is 10.1 Å². The number of nitrogens with one attached hydrogen (secondary N) is 1. The minimum atomic E-state index is -0.388. The highest BCUT2D eigenvalue weighted by molar-refractivity contribution is 5.43. The zero-order valence-corrected chi connectivity index (χ0v) is 11.8. The summed E-state index contributed by atoms with van der Waals surface area (Å²) in [6, 6.07) is 5.19. The Hall–Kier alpha value is -1.62. The SMILES string of the molecule is CNC1CC(Oc2ccc([N+](=O)[O-])cc2C)C1(C)C. The van der Waals surface area contributed by atoms with E-state index in [1.807, 2.05) is 14.0 Å². The molecule has 0 amide bonds. The van der Waals surface area contributed by atoms with Crippen LogP contribution in [-0.4, -0.2) is 24.1 Å². The van der Waals surface area contributed by atoms with E-state index in [4.69, 9.17) is 4.74 Å². The van der Waals surface area contributed by atoms with Crippen molar-refractivity contribution in [2.45, 2.75) is 39.3 Å². The maximum absolute atomic E-state index is 10.7. The van der Waals surface area contributed by atoms with Crippen LogP contribution in [0.5, 0.6) is 5.75 Å². The molecule has 1 aliphatic carbocycles. The van der Waals surface area contributed by atoms with Gasteiger partial charge in [-0.2, -0.15) is 0 Å². The fourth-order valence-electron chi connectivity index (χ4n) is 2.61. The molecule has 1 saturated carbocycles. The average Bonchev–Trinajstić information content (AvgIpc) is 2.35. The molecule has 104 valence electrons. The van der Waals surface area contributed by atoms with Gasteiger partial charge in [-0.3, -0.25) is 10.1 Å². The summed E-state index contributed by atoms with van der Waals surface area (Å²) in [6.07, 6.45) is 1.10. The van der Waals surface area contributed by atoms with Gasteiger partial charge in [0, 0.05) is 30.0 Å². The molecule has 0 heterocycles. The van der Waals surface area contributed by atoms with E-state index in [9.17, 15) is 10.1 Å². The average molecular weight is 264 g/mol. The van der Waals surface area contributed by atoms with Crippen molar-refractivity contribution in [3.05, 3.63) is 33.9 Å². The number of non-ortho nitro benzene ring substituents is 1. The van der Waals surface area contributed by atoms with Gasteiger partial charge in [-0.1, -0.05) is 13.8 Å². The van der Waals surface area contributed by atoms with Crippen LogP contribution in [0.4, 0.5) is 5.69 Å². The normalized spacial score (nSPS) is 24.6. The zero-order valence-electron chi connectivity index (χ0n) is 11.8. The number of aryl methyl sites for hydroxylation is 1. The van der Waals surface area contributed by atoms with Gasteiger partial charge in [0.1, 0.15) is 11.9 Å². The Morgan fingerprint density at radius 1 is 1.47 bits per heavy atom. The maximum atomic E-state index is 10.7. The van der Waals surface area contributed by atoms with Gasteiger partial charge in [0.05, 0.1) is 4.92 Å². The van der Waals surface area contributed by atoms with Gasteiger partial charge >= 0.3 is 0 Å². The Morgan fingerprint density at radius 2 is 2.16 bits per heavy atom. The smallest absolute Gasteiger partial charge is 0.269 e. The summed E-state index contributed by atoms with van der Waals surface area (Å²) in [7, 11) is 1.96. The fraction of sp³-hybridized carbons (Fsp3) is 0.571. The van der Waals surface area contributed by atoms with Gasteiger partial charge in [0.25, 0.3) is 5.69 Å². The molecule has 2 unspecified atom stereocenters. The lowest BCUT2D eigenvalue weighted by atomic mass is 9.64. The van der Waals surface area contributed by atoms with Crippen LogP contribution in [-0.2, 0) is 0 Å². The second-order valence-electron chi connectivity index (χ2n) is 5.71. The number of nitro benzene ring substituents is 1. The summed E-state index contributed by atoms with van der Waals surface area (Å²) in [4.78, 5) is 10.3. The van der Waals surface area contributed by atoms with E-state index in [0.717, 1.165) is 17.7 Å². The van der Waals surface area contributed by atoms with Crippen molar-refractivity contribution in [1.29, 1.82) is 0 Å². The van der Waals surface area contributed by atoms with Crippen molar-refractivity contribution in [2.24, 2.45) is 5.41 Å². The van der Waals surface area contributed by atoms with Crippen LogP contribution in [0.1, 0.15) is 25.8 Å². The summed E-state index contributed by atoms with van der Waals surface area (Å²) in [6.45, 7) is 6.18. The number of benzene rings is 1. The van der Waals surface area contributed by atoms with E-state index in [1.165, 1.54) is 6.07 Å². The monoisotopic (exact) mass is 264 g/mol. The van der Waals surface area contributed by atoms with Crippen LogP contribution in [0.3, 0.4) is 0 Å². The van der Waals surface area contributed by atoms with Crippen LogP contribution >= 0.6 is 0 Å². The van der Waals surface area contributed by atoms with Gasteiger partial charge in [0.15, 0.2) is 0 Å². The molecule has 0 spiro atoms. The van der Waals surface area contributed by atoms with E-state index in [1.54, 1.807) is 12.1 Å². The highest BCUT2D eigenvalue weighted by Gasteiger charge is 2.49. The molecule has 1 N–H and O–H groups in total. The van der Waals surface area contributed by atoms with E-state index in [2.05, 4.69) is 19.2 Å². The van der Waals surface area contributed by atoms with Crippen molar-refractivity contribution >= 4 is 5.69 Å². The number of hydrogen-bond acceptors (Lipinski definition) is 4. The topological polar surface area (TPSA) is 64.4 Å². The third-order valence-corrected chi connectivity index (χ3v) is 4.16. The number of nitrogens with zero attached hydrogens (tertiary/aromatic N) is 1. The van der Waals surface area contributed by atoms with Crippen molar-refractivity contribution < 1.29 is 9.66 Å². The molecule has 1 fully saturated rings. The van der Waals surface area contributed by atoms with Crippen molar-refractivity contribution in [2.75, 3.05) is 7.05 Å². The standard InChI is InChI=1S/C14H20N2O3/c1-9-7-10(16(17)18)5-6-11(9)19-13-8-12(15-4)14(13,2)3/h5-7,12-13,15H,8H2,1-4H3. The van der Waals surface area contributed by atoms with Gasteiger partial charge in [-0.05, 0) is 25.6 Å². The Labute approximate surface area is 113 Å². The van der Waals surface area contributed by atoms with E-state index in [-0.39, 0.29) is 22.1 Å². The highest BCUT2D eigenvalue weighted by Crippen LogP contribution is 2.43. The lowest BCUT2D eigenvalue weighted by Gasteiger charge is -2.51. The van der Waals surface area contributed by atoms with E-state index in [0.29, 0.717) is 6.04 Å². The summed E-state index contributed by atoms with van der Waals surface area (Å²) in [5, 5.41) is 14.0. The summed E-state index contributed by atoms with van der Waals surface area (Å²) < 4.78 is 6.00. The zero-order chi connectivity index (χ0) is 14.2. The van der Waals surface area contributed by atoms with Crippen molar-refractivity contribution in [3.63, 3.8) is 0 Å². The molecular weight excluding hydrogens is 244 g/mol. The molecule has 0 aliphatic heterocycles. The molecule has 1 aromatic carbocycles. The predicted molar refractivity (Wildman–Crippen MR) is 73.5 cm³/mol. The first-order valence-corrected chi connectivity index (χ1v) is 6.45. The third-order valence-electron chi connectivity index (χ3n) is 4.16. The predicted octanol–water partition coefficient (Wildman–Crippen LogP) is 2.67. The molecule has 5 nitrogen and oxygen atoms in total. The Kier molecular flexibility index (Phi) is 3.49. The molecular formula is C14H20N2O3. The van der Waals surface area contributed by atoms with Crippen LogP contribution in [0.15, 0.2) is 18.2 Å². The highest BCUT2D eigenvalue weighted by atomic mass is 16.6. The summed E-state index contributed by atoms with van der Waals surface area (Å²) in [5.74, 6) is 0.734. The van der Waals surface area contributed by atoms with Gasteiger partial charge < -0.3 is 10.1 Å². The first-order valence-electron chi connectivity index (χ1n) is 6.45. The molecule has 5 heteroatoms. The molecule has 1 aromatic rings. The third kappa shape index (κ3) is 2.42. The first kappa shape index (κ1) is 13.8. The van der Waals surface area contributed by atoms with E-state index < -0.39 is 0 Å². The molecule has 0 saturated heterocycles. The number of ether oxygens (including phenoxy) is 1. The number of nitro groups is 1. The summed E-state index contributed by atoms with van der Waals surface area (Å²) in [5.41, 5.74) is 0.979. The lowest BCUT2D eigenvalue weighted by Crippen LogP contribution is -2.61. The minimum Gasteiger partial charge on any atom is -0.489 e. The first-order chi connectivity index (χ1) is 8.86. The number of rotatable bonds is 4. The Morgan fingerprint density at radius 3 is 2.63 bits per heavy atom. The minimum absolute atomic E-state index is 0.0724. The van der Waals surface area contributed by atoms with Crippen molar-refractivity contribution in [1.82, 2.24) is 5.32 Å². The maximum Gasteiger partial charge on any atom is 0.269 e. The number of hydrogen-bond donors (Lipinski definition) is 1. The second kappa shape index (κ2) is 4.81. The molecule has 2 rings (SSSR count). The fourth-order valence-corrected chi connectivity index (χ4v) is 2.61. The molecule has 0 bridgehead atoms. The molecule has 0 aromatic heterocycles. The molecule has 0 radical (unpaired) electrons. The molecule has 1 aliphatic rings. The van der Waals surface area contributed by atoms with Gasteiger partial charge in [-0.25, -0.2) is 0 Å².